The molecule has 12 heteroatoms. The highest BCUT2D eigenvalue weighted by atomic mass is 35.5. The standard InChI is InChI=1S/C20H19ClN8O3/c21-16-7-6-14(12-17(16)29(30)31)13-22-27-19-24-18(23-15-4-2-1-3-5-15)25-20(26-19)28-8-10-32-11-9-28/h1-7,12-13H,8-11H2,(H2,23,24,25,26,27). The topological polar surface area (TPSA) is 131 Å². The number of morpholine rings is 1. The van der Waals surface area contributed by atoms with Crippen molar-refractivity contribution in [2.75, 3.05) is 41.9 Å². The van der Waals surface area contributed by atoms with Crippen molar-refractivity contribution in [2.24, 2.45) is 5.10 Å². The fraction of sp³-hybridized carbons (Fsp3) is 0.200. The van der Waals surface area contributed by atoms with E-state index in [-0.39, 0.29) is 16.7 Å². The lowest BCUT2D eigenvalue weighted by Crippen LogP contribution is -2.37. The average Bonchev–Trinajstić information content (AvgIpc) is 2.81. The lowest BCUT2D eigenvalue weighted by atomic mass is 10.2. The van der Waals surface area contributed by atoms with Gasteiger partial charge < -0.3 is 15.0 Å². The molecule has 11 nitrogen and oxygen atoms in total. The van der Waals surface area contributed by atoms with Crippen LogP contribution >= 0.6 is 11.6 Å². The first-order valence-corrected chi connectivity index (χ1v) is 10.1. The van der Waals surface area contributed by atoms with Crippen LogP contribution in [0.15, 0.2) is 53.6 Å². The minimum absolute atomic E-state index is 0.0596. The van der Waals surface area contributed by atoms with Gasteiger partial charge >= 0.3 is 0 Å². The third-order valence-electron chi connectivity index (χ3n) is 4.49. The molecule has 0 unspecified atom stereocenters. The number of para-hydroxylation sites is 1. The Labute approximate surface area is 188 Å². The predicted molar refractivity (Wildman–Crippen MR) is 122 cm³/mol. The maximum Gasteiger partial charge on any atom is 0.288 e. The summed E-state index contributed by atoms with van der Waals surface area (Å²) in [5.74, 6) is 1.06. The number of rotatable bonds is 7. The summed E-state index contributed by atoms with van der Waals surface area (Å²) in [5.41, 5.74) is 3.90. The van der Waals surface area contributed by atoms with E-state index in [1.807, 2.05) is 35.2 Å². The normalized spacial score (nSPS) is 13.8. The summed E-state index contributed by atoms with van der Waals surface area (Å²) in [6.07, 6.45) is 1.42. The molecule has 2 N–H and O–H groups in total. The number of nitrogens with zero attached hydrogens (tertiary/aromatic N) is 6. The van der Waals surface area contributed by atoms with Crippen molar-refractivity contribution in [3.05, 3.63) is 69.2 Å². The van der Waals surface area contributed by atoms with Gasteiger partial charge in [0.15, 0.2) is 0 Å². The Bertz CT molecular complexity index is 1120. The van der Waals surface area contributed by atoms with Crippen LogP contribution < -0.4 is 15.6 Å². The molecular weight excluding hydrogens is 436 g/mol. The summed E-state index contributed by atoms with van der Waals surface area (Å²) in [5, 5.41) is 18.4. The Morgan fingerprint density at radius 2 is 1.84 bits per heavy atom. The van der Waals surface area contributed by atoms with Crippen LogP contribution in [0.1, 0.15) is 5.56 Å². The molecule has 2 aromatic carbocycles. The summed E-state index contributed by atoms with van der Waals surface area (Å²) in [7, 11) is 0. The third kappa shape index (κ3) is 5.45. The van der Waals surface area contributed by atoms with Crippen LogP contribution in [0, 0.1) is 10.1 Å². The molecule has 1 saturated heterocycles. The number of nitro groups is 1. The number of hydrazone groups is 1. The SMILES string of the molecule is O=[N+]([O-])c1cc(C=NNc2nc(Nc3ccccc3)nc(N3CCOCC3)n2)ccc1Cl. The predicted octanol–water partition coefficient (Wildman–Crippen LogP) is 3.46. The van der Waals surface area contributed by atoms with Crippen molar-refractivity contribution in [1.29, 1.82) is 0 Å². The van der Waals surface area contributed by atoms with E-state index in [9.17, 15) is 10.1 Å². The van der Waals surface area contributed by atoms with Crippen molar-refractivity contribution in [3.8, 4) is 0 Å². The zero-order valence-corrected chi connectivity index (χ0v) is 17.6. The Hall–Kier alpha value is -3.83. The van der Waals surface area contributed by atoms with E-state index in [0.717, 1.165) is 5.69 Å². The van der Waals surface area contributed by atoms with E-state index < -0.39 is 4.92 Å². The molecule has 2 heterocycles. The van der Waals surface area contributed by atoms with Crippen LogP contribution in [0.4, 0.5) is 29.2 Å². The molecule has 0 saturated carbocycles. The van der Waals surface area contributed by atoms with Gasteiger partial charge in [0.05, 0.1) is 24.4 Å². The summed E-state index contributed by atoms with van der Waals surface area (Å²) < 4.78 is 5.40. The zero-order valence-electron chi connectivity index (χ0n) is 16.8. The molecule has 0 aliphatic carbocycles. The molecule has 4 rings (SSSR count). The lowest BCUT2D eigenvalue weighted by Gasteiger charge is -2.27. The molecule has 32 heavy (non-hydrogen) atoms. The number of nitrogens with one attached hydrogen (secondary N) is 2. The molecule has 0 amide bonds. The number of hydrogen-bond donors (Lipinski definition) is 2. The van der Waals surface area contributed by atoms with Gasteiger partial charge in [-0.2, -0.15) is 20.1 Å². The van der Waals surface area contributed by atoms with Crippen molar-refractivity contribution < 1.29 is 9.66 Å². The smallest absolute Gasteiger partial charge is 0.288 e. The first kappa shape index (κ1) is 21.4. The van der Waals surface area contributed by atoms with Crippen molar-refractivity contribution in [1.82, 2.24) is 15.0 Å². The molecule has 1 aliphatic rings. The molecule has 1 aliphatic heterocycles. The largest absolute Gasteiger partial charge is 0.378 e. The number of hydrogen-bond acceptors (Lipinski definition) is 10. The van der Waals surface area contributed by atoms with E-state index >= 15 is 0 Å². The molecule has 0 radical (unpaired) electrons. The minimum Gasteiger partial charge on any atom is -0.378 e. The second kappa shape index (κ2) is 9.98. The monoisotopic (exact) mass is 454 g/mol. The number of anilines is 4. The highest BCUT2D eigenvalue weighted by Crippen LogP contribution is 2.24. The van der Waals surface area contributed by atoms with Crippen LogP contribution in [0.25, 0.3) is 0 Å². The minimum atomic E-state index is -0.546. The lowest BCUT2D eigenvalue weighted by molar-refractivity contribution is -0.384. The van der Waals surface area contributed by atoms with Gasteiger partial charge in [-0.15, -0.1) is 0 Å². The second-order valence-corrected chi connectivity index (χ2v) is 7.12. The number of aromatic nitrogens is 3. The summed E-state index contributed by atoms with van der Waals surface area (Å²) >= 11 is 5.85. The molecule has 164 valence electrons. The third-order valence-corrected chi connectivity index (χ3v) is 4.81. The van der Waals surface area contributed by atoms with Gasteiger partial charge in [0.2, 0.25) is 17.8 Å². The summed E-state index contributed by atoms with van der Waals surface area (Å²) in [6.45, 7) is 2.49. The van der Waals surface area contributed by atoms with Crippen molar-refractivity contribution in [2.45, 2.75) is 0 Å². The Kier molecular flexibility index (Phi) is 6.68. The molecule has 0 atom stereocenters. The van der Waals surface area contributed by atoms with Crippen LogP contribution in [-0.4, -0.2) is 52.4 Å². The highest BCUT2D eigenvalue weighted by Gasteiger charge is 2.17. The van der Waals surface area contributed by atoms with Crippen molar-refractivity contribution >= 4 is 47.0 Å². The van der Waals surface area contributed by atoms with E-state index in [1.54, 1.807) is 6.07 Å². The Balaban J connectivity index is 1.56. The fourth-order valence-corrected chi connectivity index (χ4v) is 3.13. The maximum atomic E-state index is 11.1. The van der Waals surface area contributed by atoms with E-state index in [4.69, 9.17) is 16.3 Å². The first-order chi connectivity index (χ1) is 15.6. The maximum absolute atomic E-state index is 11.1. The van der Waals surface area contributed by atoms with Crippen LogP contribution in [0.5, 0.6) is 0 Å². The van der Waals surface area contributed by atoms with Gasteiger partial charge in [-0.3, -0.25) is 10.1 Å². The summed E-state index contributed by atoms with van der Waals surface area (Å²) in [4.78, 5) is 25.8. The second-order valence-electron chi connectivity index (χ2n) is 6.71. The quantitative estimate of drug-likeness (QED) is 0.313. The fourth-order valence-electron chi connectivity index (χ4n) is 2.94. The van der Waals surface area contributed by atoms with Gasteiger partial charge in [0.1, 0.15) is 5.02 Å². The van der Waals surface area contributed by atoms with Crippen LogP contribution in [0.3, 0.4) is 0 Å². The van der Waals surface area contributed by atoms with Crippen LogP contribution in [-0.2, 0) is 4.74 Å². The number of ether oxygens (including phenoxy) is 1. The highest BCUT2D eigenvalue weighted by molar-refractivity contribution is 6.32. The van der Waals surface area contributed by atoms with Gasteiger partial charge in [-0.1, -0.05) is 35.9 Å². The molecular formula is C20H19ClN8O3. The number of benzene rings is 2. The Morgan fingerprint density at radius 1 is 1.09 bits per heavy atom. The van der Waals surface area contributed by atoms with Gasteiger partial charge in [-0.05, 0) is 18.2 Å². The van der Waals surface area contributed by atoms with E-state index in [0.29, 0.717) is 43.8 Å². The molecule has 1 fully saturated rings. The Morgan fingerprint density at radius 3 is 2.59 bits per heavy atom. The van der Waals surface area contributed by atoms with Gasteiger partial charge in [0.25, 0.3) is 5.69 Å². The van der Waals surface area contributed by atoms with Crippen LogP contribution in [0.2, 0.25) is 5.02 Å². The van der Waals surface area contributed by atoms with E-state index in [2.05, 4.69) is 30.8 Å². The number of nitro benzene ring substituents is 1. The summed E-state index contributed by atoms with van der Waals surface area (Å²) in [6, 6.07) is 13.9. The molecule has 3 aromatic rings. The first-order valence-electron chi connectivity index (χ1n) is 9.72. The number of halogens is 1. The molecule has 0 spiro atoms. The van der Waals surface area contributed by atoms with Gasteiger partial charge in [-0.25, -0.2) is 5.43 Å². The van der Waals surface area contributed by atoms with E-state index in [1.165, 1.54) is 18.3 Å². The molecule has 1 aromatic heterocycles. The average molecular weight is 455 g/mol. The molecule has 0 bridgehead atoms. The zero-order chi connectivity index (χ0) is 22.3. The van der Waals surface area contributed by atoms with Crippen molar-refractivity contribution in [3.63, 3.8) is 0 Å². The van der Waals surface area contributed by atoms with Gasteiger partial charge in [0, 0.05) is 30.4 Å².